The van der Waals surface area contributed by atoms with Gasteiger partial charge >= 0.3 is 0 Å². The quantitative estimate of drug-likeness (QED) is 0.155. The molecule has 0 fully saturated rings. The second-order valence-electron chi connectivity index (χ2n) is 6.19. The molecule has 0 radical (unpaired) electrons. The monoisotopic (exact) mass is 720 g/mol. The Labute approximate surface area is 247 Å². The zero-order valence-corrected chi connectivity index (χ0v) is 28.6. The Morgan fingerprint density at radius 2 is 0.625 bits per heavy atom. The fraction of sp³-hybridized carbons (Fsp3) is 0.857. The molecule has 208 valence electrons. The third-order valence-electron chi connectivity index (χ3n) is 2.97. The maximum absolute atomic E-state index is 3.48. The minimum Gasteiger partial charge on any atom is -0.114 e. The number of halogens is 4. The van der Waals surface area contributed by atoms with Gasteiger partial charge in [-0.1, -0.05) is 166 Å². The topological polar surface area (TPSA) is 0 Å². The van der Waals surface area contributed by atoms with Crippen molar-refractivity contribution in [1.29, 1.82) is 0 Å². The summed E-state index contributed by atoms with van der Waals surface area (Å²) in [5.74, 6) is 0. The van der Waals surface area contributed by atoms with Gasteiger partial charge in [0.15, 0.2) is 0 Å². The molecule has 32 heavy (non-hydrogen) atoms. The van der Waals surface area contributed by atoms with Crippen molar-refractivity contribution in [3.8, 4) is 0 Å². The van der Waals surface area contributed by atoms with Crippen LogP contribution < -0.4 is 0 Å². The standard InChI is InChI=1S/2C5H12.2C4H9Br.2C4H8.2CH4.2BrH/c2*1-3-5-4-2;2*1-2-3-4-5;2*1-3-4-2;;;;/h2*3-5H2,1-2H3;2*2-4H2,1H3;2*3H,1,4H2,2H3;2*1H4;2*1H. The molecule has 0 atom stereocenters. The Morgan fingerprint density at radius 1 is 0.469 bits per heavy atom. The molecule has 0 aliphatic rings. The molecule has 0 saturated heterocycles. The van der Waals surface area contributed by atoms with Gasteiger partial charge < -0.3 is 0 Å². The molecule has 0 aromatic heterocycles. The maximum Gasteiger partial charge on any atom is 0.00312 e. The van der Waals surface area contributed by atoms with Crippen molar-refractivity contribution in [3.05, 3.63) is 25.3 Å². The van der Waals surface area contributed by atoms with Crippen molar-refractivity contribution in [2.24, 2.45) is 0 Å². The molecule has 0 amide bonds. The molecule has 0 bridgehead atoms. The number of rotatable bonds is 10. The second kappa shape index (κ2) is 106. The lowest BCUT2D eigenvalue weighted by Gasteiger charge is -1.79. The lowest BCUT2D eigenvalue weighted by molar-refractivity contribution is 0.772. The van der Waals surface area contributed by atoms with E-state index < -0.39 is 0 Å². The molecule has 0 N–H and O–H groups in total. The predicted octanol–water partition coefficient (Wildman–Crippen LogP) is 14.3. The van der Waals surface area contributed by atoms with Crippen LogP contribution in [0.25, 0.3) is 0 Å². The van der Waals surface area contributed by atoms with Gasteiger partial charge in [0.05, 0.1) is 0 Å². The summed E-state index contributed by atoms with van der Waals surface area (Å²) in [7, 11) is 0. The minimum absolute atomic E-state index is 0. The van der Waals surface area contributed by atoms with Gasteiger partial charge in [-0.15, -0.1) is 47.1 Å². The van der Waals surface area contributed by atoms with Gasteiger partial charge in [-0.2, -0.15) is 0 Å². The average Bonchev–Trinajstić information content (AvgIpc) is 2.72. The van der Waals surface area contributed by atoms with Gasteiger partial charge in [-0.25, -0.2) is 0 Å². The highest BCUT2D eigenvalue weighted by Gasteiger charge is 1.70. The lowest BCUT2D eigenvalue weighted by atomic mass is 10.3. The SMILES string of the molecule is Br.Br.C.C.C=CCC.C=CCC.CCCCBr.CCCCBr.CCCCC.CCCCC. The number of alkyl halides is 2. The smallest absolute Gasteiger partial charge is 0.00312 e. The van der Waals surface area contributed by atoms with E-state index >= 15 is 0 Å². The summed E-state index contributed by atoms with van der Waals surface area (Å²) in [6.45, 7) is 24.3. The fourth-order valence-corrected chi connectivity index (χ4v) is 2.10. The molecule has 0 aliphatic heterocycles. The van der Waals surface area contributed by atoms with E-state index in [1.165, 1.54) is 64.2 Å². The van der Waals surface area contributed by atoms with Gasteiger partial charge in [-0.05, 0) is 25.7 Å². The van der Waals surface area contributed by atoms with Crippen LogP contribution in [0.1, 0.15) is 147 Å². The molecule has 0 rings (SSSR count). The van der Waals surface area contributed by atoms with Crippen LogP contribution in [0.5, 0.6) is 0 Å². The first-order chi connectivity index (χ1) is 13.5. The van der Waals surface area contributed by atoms with E-state index in [0.29, 0.717) is 0 Å². The molecular weight excluding hydrogens is 656 g/mol. The van der Waals surface area contributed by atoms with Crippen LogP contribution in [0.2, 0.25) is 0 Å². The first-order valence-corrected chi connectivity index (χ1v) is 14.1. The second-order valence-corrected chi connectivity index (χ2v) is 7.77. The number of unbranched alkanes of at least 4 members (excludes halogenated alkanes) is 6. The van der Waals surface area contributed by atoms with Crippen molar-refractivity contribution in [1.82, 2.24) is 0 Å². The molecule has 0 heterocycles. The molecule has 0 nitrogen and oxygen atoms in total. The maximum atomic E-state index is 3.48. The highest BCUT2D eigenvalue weighted by molar-refractivity contribution is 9.09. The summed E-state index contributed by atoms with van der Waals surface area (Å²) in [4.78, 5) is 0. The van der Waals surface area contributed by atoms with Crippen LogP contribution in [0, 0.1) is 0 Å². The number of hydrogen-bond donors (Lipinski definition) is 0. The van der Waals surface area contributed by atoms with Crippen molar-refractivity contribution >= 4 is 65.8 Å². The van der Waals surface area contributed by atoms with E-state index in [0.717, 1.165) is 23.5 Å². The Hall–Kier alpha value is 1.40. The van der Waals surface area contributed by atoms with Crippen molar-refractivity contribution in [3.63, 3.8) is 0 Å². The van der Waals surface area contributed by atoms with Crippen molar-refractivity contribution in [2.75, 3.05) is 10.7 Å². The molecule has 0 spiro atoms. The van der Waals surface area contributed by atoms with Crippen LogP contribution in [-0.2, 0) is 0 Å². The number of hydrogen-bond acceptors (Lipinski definition) is 0. The zero-order chi connectivity index (χ0) is 23.3. The van der Waals surface area contributed by atoms with Gasteiger partial charge in [-0.3, -0.25) is 0 Å². The Kier molecular flexibility index (Phi) is 211. The number of allylic oxidation sites excluding steroid dienone is 2. The summed E-state index contributed by atoms with van der Waals surface area (Å²) >= 11 is 6.62. The summed E-state index contributed by atoms with van der Waals surface area (Å²) in [6, 6.07) is 0. The molecule has 0 saturated carbocycles. The third-order valence-corrected chi connectivity index (χ3v) is 4.09. The highest BCUT2D eigenvalue weighted by atomic mass is 79.9. The Morgan fingerprint density at radius 3 is 0.625 bits per heavy atom. The van der Waals surface area contributed by atoms with Crippen molar-refractivity contribution < 1.29 is 0 Å². The van der Waals surface area contributed by atoms with Crippen LogP contribution in [0.15, 0.2) is 25.3 Å². The first kappa shape index (κ1) is 64.0. The molecular formula is C28H68Br4. The van der Waals surface area contributed by atoms with E-state index in [1.807, 2.05) is 12.2 Å². The lowest BCUT2D eigenvalue weighted by Crippen LogP contribution is -1.64. The minimum atomic E-state index is 0. The molecule has 0 unspecified atom stereocenters. The van der Waals surface area contributed by atoms with E-state index in [1.54, 1.807) is 0 Å². The van der Waals surface area contributed by atoms with Gasteiger partial charge in [0.25, 0.3) is 0 Å². The van der Waals surface area contributed by atoms with Gasteiger partial charge in [0.2, 0.25) is 0 Å². The molecule has 4 heteroatoms. The first-order valence-electron chi connectivity index (χ1n) is 11.8. The van der Waals surface area contributed by atoms with E-state index in [9.17, 15) is 0 Å². The van der Waals surface area contributed by atoms with Gasteiger partial charge in [0.1, 0.15) is 0 Å². The van der Waals surface area contributed by atoms with Crippen LogP contribution in [-0.4, -0.2) is 10.7 Å². The van der Waals surface area contributed by atoms with Crippen LogP contribution >= 0.6 is 65.8 Å². The van der Waals surface area contributed by atoms with Crippen molar-refractivity contribution in [2.45, 2.75) is 147 Å². The molecule has 0 aromatic carbocycles. The van der Waals surface area contributed by atoms with E-state index in [-0.39, 0.29) is 48.8 Å². The van der Waals surface area contributed by atoms with Gasteiger partial charge in [0, 0.05) is 10.7 Å². The fourth-order valence-electron chi connectivity index (χ4n) is 0.974. The predicted molar refractivity (Wildman–Crippen MR) is 183 cm³/mol. The normalized spacial score (nSPS) is 6.81. The summed E-state index contributed by atoms with van der Waals surface area (Å²) in [6.07, 6.45) is 19.3. The van der Waals surface area contributed by atoms with Crippen LogP contribution in [0.3, 0.4) is 0 Å². The summed E-state index contributed by atoms with van der Waals surface area (Å²) < 4.78 is 0. The summed E-state index contributed by atoms with van der Waals surface area (Å²) in [5.41, 5.74) is 0. The third kappa shape index (κ3) is 223. The largest absolute Gasteiger partial charge is 0.114 e. The molecule has 0 aliphatic carbocycles. The Bertz CT molecular complexity index is 146. The Balaban J connectivity index is -0.0000000222. The average molecular weight is 724 g/mol. The van der Waals surface area contributed by atoms with E-state index in [4.69, 9.17) is 0 Å². The molecule has 0 aromatic rings. The highest BCUT2D eigenvalue weighted by Crippen LogP contribution is 1.90. The van der Waals surface area contributed by atoms with Crippen LogP contribution in [0.4, 0.5) is 0 Å². The summed E-state index contributed by atoms with van der Waals surface area (Å²) in [5, 5.41) is 2.31. The zero-order valence-electron chi connectivity index (χ0n) is 22.0. The van der Waals surface area contributed by atoms with E-state index in [2.05, 4.69) is 100 Å².